The Morgan fingerprint density at radius 1 is 1.28 bits per heavy atom. The quantitative estimate of drug-likeness (QED) is 0.540. The van der Waals surface area contributed by atoms with E-state index in [0.717, 1.165) is 6.42 Å². The van der Waals surface area contributed by atoms with E-state index in [2.05, 4.69) is 4.98 Å². The molecule has 1 aromatic heterocycles. The largest absolute Gasteiger partial charge is 0.486 e. The first-order valence-corrected chi connectivity index (χ1v) is 11.7. The zero-order chi connectivity index (χ0) is 23.1. The number of thiazole rings is 1. The number of ether oxygens (including phenoxy) is 2. The van der Waals surface area contributed by atoms with Crippen molar-refractivity contribution in [3.05, 3.63) is 45.4 Å². The van der Waals surface area contributed by atoms with E-state index >= 15 is 0 Å². The van der Waals surface area contributed by atoms with Gasteiger partial charge in [0.1, 0.15) is 23.1 Å². The fraction of sp³-hybridized carbons (Fsp3) is 0.455. The molecule has 1 atom stereocenters. The molecule has 2 amide bonds. The molecule has 1 aromatic carbocycles. The van der Waals surface area contributed by atoms with Crippen LogP contribution >= 0.6 is 22.9 Å². The molecule has 10 heteroatoms. The van der Waals surface area contributed by atoms with Gasteiger partial charge in [-0.25, -0.2) is 4.98 Å². The number of nitrogens with zero attached hydrogens (tertiary/aromatic N) is 3. The molecular weight excluding hydrogens is 454 g/mol. The van der Waals surface area contributed by atoms with Crippen molar-refractivity contribution < 1.29 is 23.9 Å². The van der Waals surface area contributed by atoms with Crippen molar-refractivity contribution in [2.45, 2.75) is 26.4 Å². The van der Waals surface area contributed by atoms with Crippen LogP contribution in [0.2, 0.25) is 5.02 Å². The third kappa shape index (κ3) is 6.43. The summed E-state index contributed by atoms with van der Waals surface area (Å²) >= 11 is 7.18. The maximum Gasteiger partial charge on any atom is 0.310 e. The van der Waals surface area contributed by atoms with Crippen molar-refractivity contribution in [1.29, 1.82) is 0 Å². The average molecular weight is 480 g/mol. The van der Waals surface area contributed by atoms with Crippen LogP contribution in [0.1, 0.15) is 35.3 Å². The first kappa shape index (κ1) is 24.0. The lowest BCUT2D eigenvalue weighted by Gasteiger charge is -2.32. The number of carbonyl (C=O) groups is 3. The third-order valence-electron chi connectivity index (χ3n) is 5.06. The van der Waals surface area contributed by atoms with Crippen molar-refractivity contribution in [1.82, 2.24) is 14.8 Å². The summed E-state index contributed by atoms with van der Waals surface area (Å²) in [5.74, 6) is -0.467. The predicted octanol–water partition coefficient (Wildman–Crippen LogP) is 3.25. The molecule has 32 heavy (non-hydrogen) atoms. The molecule has 1 saturated heterocycles. The van der Waals surface area contributed by atoms with Crippen LogP contribution in [0, 0.1) is 5.92 Å². The number of likely N-dealkylation sites (tertiary alicyclic amines) is 1. The zero-order valence-corrected chi connectivity index (χ0v) is 19.7. The molecular formula is C22H26ClN3O5S. The zero-order valence-electron chi connectivity index (χ0n) is 18.1. The summed E-state index contributed by atoms with van der Waals surface area (Å²) in [6, 6.07) is 6.98. The van der Waals surface area contributed by atoms with Crippen molar-refractivity contribution in [3.8, 4) is 5.75 Å². The fourth-order valence-corrected chi connectivity index (χ4v) is 4.18. The second kappa shape index (κ2) is 11.3. The first-order chi connectivity index (χ1) is 15.4. The minimum Gasteiger partial charge on any atom is -0.486 e. The van der Waals surface area contributed by atoms with Crippen molar-refractivity contribution in [2.75, 3.05) is 33.3 Å². The normalized spacial score (nSPS) is 15.8. The Hall–Kier alpha value is -2.65. The maximum atomic E-state index is 12.7. The SMILES string of the molecule is CCOC(=O)C1CCCN(C(=O)CN(C)C(=O)c2csc(COc3ccc(Cl)cc3)n2)C1. The molecule has 0 bridgehead atoms. The predicted molar refractivity (Wildman–Crippen MR) is 121 cm³/mol. The van der Waals surface area contributed by atoms with Crippen molar-refractivity contribution >= 4 is 40.7 Å². The Morgan fingerprint density at radius 3 is 2.75 bits per heavy atom. The highest BCUT2D eigenvalue weighted by molar-refractivity contribution is 7.09. The molecule has 2 aromatic rings. The van der Waals surface area contributed by atoms with Gasteiger partial charge in [0.2, 0.25) is 5.91 Å². The number of hydrogen-bond donors (Lipinski definition) is 0. The number of aromatic nitrogens is 1. The average Bonchev–Trinajstić information content (AvgIpc) is 3.27. The van der Waals surface area contributed by atoms with Gasteiger partial charge in [-0.1, -0.05) is 11.6 Å². The number of rotatable bonds is 8. The van der Waals surface area contributed by atoms with E-state index in [-0.39, 0.29) is 42.5 Å². The van der Waals surface area contributed by atoms with E-state index < -0.39 is 0 Å². The van der Waals surface area contributed by atoms with Crippen LogP contribution in [0.15, 0.2) is 29.6 Å². The Morgan fingerprint density at radius 2 is 2.03 bits per heavy atom. The monoisotopic (exact) mass is 479 g/mol. The summed E-state index contributed by atoms with van der Waals surface area (Å²) in [5, 5.41) is 2.93. The summed E-state index contributed by atoms with van der Waals surface area (Å²) in [6.07, 6.45) is 1.44. The highest BCUT2D eigenvalue weighted by Gasteiger charge is 2.30. The van der Waals surface area contributed by atoms with Gasteiger partial charge in [-0.15, -0.1) is 11.3 Å². The van der Waals surface area contributed by atoms with Gasteiger partial charge in [-0.3, -0.25) is 14.4 Å². The number of hydrogen-bond acceptors (Lipinski definition) is 7. The molecule has 0 spiro atoms. The highest BCUT2D eigenvalue weighted by Crippen LogP contribution is 2.20. The number of amides is 2. The molecule has 1 aliphatic heterocycles. The minimum atomic E-state index is -0.341. The van der Waals surface area contributed by atoms with E-state index in [9.17, 15) is 14.4 Å². The van der Waals surface area contributed by atoms with Crippen LogP contribution in [0.5, 0.6) is 5.75 Å². The number of esters is 1. The van der Waals surface area contributed by atoms with Gasteiger partial charge in [0, 0.05) is 30.5 Å². The summed E-state index contributed by atoms with van der Waals surface area (Å²) < 4.78 is 10.7. The standard InChI is InChI=1S/C22H26ClN3O5S/c1-3-30-22(29)15-5-4-10-26(11-15)20(27)12-25(2)21(28)18-14-32-19(24-18)13-31-17-8-6-16(23)7-9-17/h6-9,14-15H,3-5,10-13H2,1-2H3. The second-order valence-corrected chi connectivity index (χ2v) is 8.84. The molecule has 0 saturated carbocycles. The van der Waals surface area contributed by atoms with Gasteiger partial charge in [-0.2, -0.15) is 0 Å². The molecule has 8 nitrogen and oxygen atoms in total. The highest BCUT2D eigenvalue weighted by atomic mass is 35.5. The molecule has 0 N–H and O–H groups in total. The third-order valence-corrected chi connectivity index (χ3v) is 6.13. The van der Waals surface area contributed by atoms with Gasteiger partial charge in [0.15, 0.2) is 0 Å². The molecule has 2 heterocycles. The Kier molecular flexibility index (Phi) is 8.46. The molecule has 1 aliphatic rings. The topological polar surface area (TPSA) is 89.0 Å². The van der Waals surface area contributed by atoms with E-state index in [0.29, 0.717) is 41.9 Å². The van der Waals surface area contributed by atoms with Crippen molar-refractivity contribution in [2.24, 2.45) is 5.92 Å². The van der Waals surface area contributed by atoms with Crippen LogP contribution in [0.3, 0.4) is 0 Å². The van der Waals surface area contributed by atoms with Crippen LogP contribution in [-0.2, 0) is 20.9 Å². The number of halogens is 1. The molecule has 1 fully saturated rings. The summed E-state index contributed by atoms with van der Waals surface area (Å²) in [6.45, 7) is 3.12. The minimum absolute atomic E-state index is 0.0808. The number of piperidine rings is 1. The van der Waals surface area contributed by atoms with Gasteiger partial charge >= 0.3 is 5.97 Å². The van der Waals surface area contributed by atoms with Crippen LogP contribution in [0.25, 0.3) is 0 Å². The van der Waals surface area contributed by atoms with Gasteiger partial charge in [-0.05, 0) is 44.0 Å². The van der Waals surface area contributed by atoms with Gasteiger partial charge in [0.25, 0.3) is 5.91 Å². The van der Waals surface area contributed by atoms with Gasteiger partial charge in [0.05, 0.1) is 19.1 Å². The van der Waals surface area contributed by atoms with Crippen LogP contribution in [-0.4, -0.2) is 65.9 Å². The summed E-state index contributed by atoms with van der Waals surface area (Å²) in [7, 11) is 1.57. The number of likely N-dealkylation sites (N-methyl/N-ethyl adjacent to an activating group) is 1. The lowest BCUT2D eigenvalue weighted by molar-refractivity contribution is -0.151. The lowest BCUT2D eigenvalue weighted by atomic mass is 9.98. The van der Waals surface area contributed by atoms with E-state index in [1.807, 2.05) is 0 Å². The molecule has 0 aliphatic carbocycles. The molecule has 0 radical (unpaired) electrons. The molecule has 172 valence electrons. The Bertz CT molecular complexity index is 949. The summed E-state index contributed by atoms with van der Waals surface area (Å²) in [5.41, 5.74) is 0.267. The smallest absolute Gasteiger partial charge is 0.310 e. The lowest BCUT2D eigenvalue weighted by Crippen LogP contribution is -2.47. The summed E-state index contributed by atoms with van der Waals surface area (Å²) in [4.78, 5) is 44.7. The number of carbonyl (C=O) groups excluding carboxylic acids is 3. The second-order valence-electron chi connectivity index (χ2n) is 7.46. The fourth-order valence-electron chi connectivity index (χ4n) is 3.38. The maximum absolute atomic E-state index is 12.7. The first-order valence-electron chi connectivity index (χ1n) is 10.4. The van der Waals surface area contributed by atoms with Crippen LogP contribution in [0.4, 0.5) is 0 Å². The molecule has 3 rings (SSSR count). The van der Waals surface area contributed by atoms with Crippen molar-refractivity contribution in [3.63, 3.8) is 0 Å². The number of benzene rings is 1. The van der Waals surface area contributed by atoms with Crippen LogP contribution < -0.4 is 4.74 Å². The van der Waals surface area contributed by atoms with E-state index in [4.69, 9.17) is 21.1 Å². The molecule has 1 unspecified atom stereocenters. The van der Waals surface area contributed by atoms with Gasteiger partial charge < -0.3 is 19.3 Å². The van der Waals surface area contributed by atoms with E-state index in [1.165, 1.54) is 16.2 Å². The Labute approximate surface area is 196 Å². The Balaban J connectivity index is 1.51. The van der Waals surface area contributed by atoms with E-state index in [1.54, 1.807) is 48.5 Å².